The van der Waals surface area contributed by atoms with E-state index in [4.69, 9.17) is 4.42 Å². The number of hydrogen-bond donors (Lipinski definition) is 0. The summed E-state index contributed by atoms with van der Waals surface area (Å²) in [7, 11) is 0. The molecule has 5 rings (SSSR count). The van der Waals surface area contributed by atoms with Gasteiger partial charge >= 0.3 is 0 Å². The molecule has 32 heavy (non-hydrogen) atoms. The maximum Gasteiger partial charge on any atom is 0.253 e. The van der Waals surface area contributed by atoms with Crippen molar-refractivity contribution in [3.63, 3.8) is 0 Å². The molecule has 0 atom stereocenters. The molecule has 164 valence electrons. The predicted octanol–water partition coefficient (Wildman–Crippen LogP) is 3.80. The van der Waals surface area contributed by atoms with E-state index in [9.17, 15) is 9.59 Å². The summed E-state index contributed by atoms with van der Waals surface area (Å²) < 4.78 is 5.84. The van der Waals surface area contributed by atoms with Crippen molar-refractivity contribution in [2.45, 2.75) is 26.2 Å². The molecule has 0 spiro atoms. The fourth-order valence-electron chi connectivity index (χ4n) is 4.22. The lowest BCUT2D eigenvalue weighted by Crippen LogP contribution is -2.52. The van der Waals surface area contributed by atoms with E-state index in [0.717, 1.165) is 36.0 Å². The third-order valence-electron chi connectivity index (χ3n) is 6.40. The van der Waals surface area contributed by atoms with Crippen LogP contribution in [0.3, 0.4) is 0 Å². The lowest BCUT2D eigenvalue weighted by Gasteiger charge is -2.38. The van der Waals surface area contributed by atoms with Gasteiger partial charge in [-0.25, -0.2) is 0 Å². The summed E-state index contributed by atoms with van der Waals surface area (Å²) in [5.41, 5.74) is 3.39. The van der Waals surface area contributed by atoms with Crippen molar-refractivity contribution >= 4 is 11.8 Å². The average Bonchev–Trinajstić information content (AvgIpc) is 3.28. The van der Waals surface area contributed by atoms with Crippen LogP contribution in [0.5, 0.6) is 0 Å². The topological polar surface area (TPSA) is 79.5 Å². The van der Waals surface area contributed by atoms with Gasteiger partial charge in [-0.2, -0.15) is 0 Å². The highest BCUT2D eigenvalue weighted by molar-refractivity contribution is 5.94. The molecule has 0 N–H and O–H groups in total. The molecule has 1 saturated heterocycles. The van der Waals surface area contributed by atoms with E-state index in [-0.39, 0.29) is 17.7 Å². The third kappa shape index (κ3) is 4.02. The molecule has 7 nitrogen and oxygen atoms in total. The first kappa shape index (κ1) is 20.4. The standard InChI is InChI=1S/C25H26N4O3/c1-17-4-2-7-21(16-17)23-27-26-22(32-23)18-8-10-20(11-9-18)25(31)29-14-12-28(13-15-29)24(30)19-5-3-6-19/h2,4,7-11,16,19H,3,5-6,12-15H2,1H3. The van der Waals surface area contributed by atoms with E-state index in [1.54, 1.807) is 12.1 Å². The van der Waals surface area contributed by atoms with Crippen molar-refractivity contribution in [1.82, 2.24) is 20.0 Å². The van der Waals surface area contributed by atoms with E-state index in [0.29, 0.717) is 43.5 Å². The van der Waals surface area contributed by atoms with E-state index < -0.39 is 0 Å². The van der Waals surface area contributed by atoms with Crippen molar-refractivity contribution in [1.29, 1.82) is 0 Å². The van der Waals surface area contributed by atoms with Crippen LogP contribution in [0.1, 0.15) is 35.2 Å². The largest absolute Gasteiger partial charge is 0.416 e. The molecule has 0 unspecified atom stereocenters. The zero-order chi connectivity index (χ0) is 22.1. The lowest BCUT2D eigenvalue weighted by atomic mass is 9.84. The number of carbonyl (C=O) groups is 2. The van der Waals surface area contributed by atoms with Gasteiger partial charge in [-0.1, -0.05) is 24.1 Å². The van der Waals surface area contributed by atoms with Crippen LogP contribution < -0.4 is 0 Å². The first-order chi connectivity index (χ1) is 15.6. The number of aryl methyl sites for hydroxylation is 1. The zero-order valence-corrected chi connectivity index (χ0v) is 18.2. The van der Waals surface area contributed by atoms with Crippen LogP contribution in [-0.2, 0) is 4.79 Å². The Morgan fingerprint density at radius 1 is 0.875 bits per heavy atom. The highest BCUT2D eigenvalue weighted by Gasteiger charge is 2.32. The second kappa shape index (κ2) is 8.57. The molecule has 2 heterocycles. The number of aromatic nitrogens is 2. The minimum Gasteiger partial charge on any atom is -0.416 e. The number of nitrogens with zero attached hydrogens (tertiary/aromatic N) is 4. The number of benzene rings is 2. The minimum atomic E-state index is -0.0155. The van der Waals surface area contributed by atoms with Crippen molar-refractivity contribution in [2.24, 2.45) is 5.92 Å². The Balaban J connectivity index is 1.22. The van der Waals surface area contributed by atoms with Gasteiger partial charge in [0.2, 0.25) is 17.7 Å². The molecule has 2 fully saturated rings. The molecule has 1 saturated carbocycles. The van der Waals surface area contributed by atoms with Gasteiger partial charge in [-0.3, -0.25) is 9.59 Å². The summed E-state index contributed by atoms with van der Waals surface area (Å²) in [6.07, 6.45) is 3.18. The summed E-state index contributed by atoms with van der Waals surface area (Å²) in [5.74, 6) is 1.35. The van der Waals surface area contributed by atoms with Gasteiger partial charge in [0.15, 0.2) is 0 Å². The van der Waals surface area contributed by atoms with E-state index in [1.165, 1.54) is 0 Å². The van der Waals surface area contributed by atoms with E-state index in [1.807, 2.05) is 53.1 Å². The predicted molar refractivity (Wildman–Crippen MR) is 120 cm³/mol. The Labute approximate surface area is 187 Å². The number of rotatable bonds is 4. The van der Waals surface area contributed by atoms with Gasteiger partial charge in [-0.05, 0) is 56.2 Å². The van der Waals surface area contributed by atoms with Crippen LogP contribution in [-0.4, -0.2) is 58.0 Å². The fraction of sp³-hybridized carbons (Fsp3) is 0.360. The maximum absolute atomic E-state index is 12.9. The van der Waals surface area contributed by atoms with Gasteiger partial charge in [-0.15, -0.1) is 10.2 Å². The van der Waals surface area contributed by atoms with Crippen LogP contribution in [0.4, 0.5) is 0 Å². The Hall–Kier alpha value is -3.48. The summed E-state index contributed by atoms with van der Waals surface area (Å²) in [6, 6.07) is 15.2. The van der Waals surface area contributed by atoms with Crippen LogP contribution in [0.25, 0.3) is 22.9 Å². The Morgan fingerprint density at radius 2 is 1.53 bits per heavy atom. The summed E-state index contributed by atoms with van der Waals surface area (Å²) >= 11 is 0. The van der Waals surface area contributed by atoms with Gasteiger partial charge < -0.3 is 14.2 Å². The molecular weight excluding hydrogens is 404 g/mol. The summed E-state index contributed by atoms with van der Waals surface area (Å²) in [5, 5.41) is 8.31. The van der Waals surface area contributed by atoms with Crippen molar-refractivity contribution in [3.8, 4) is 22.9 Å². The van der Waals surface area contributed by atoms with Crippen molar-refractivity contribution in [2.75, 3.05) is 26.2 Å². The zero-order valence-electron chi connectivity index (χ0n) is 18.2. The molecule has 0 bridgehead atoms. The maximum atomic E-state index is 12.9. The van der Waals surface area contributed by atoms with Crippen LogP contribution in [0.2, 0.25) is 0 Å². The van der Waals surface area contributed by atoms with Gasteiger partial charge in [0.05, 0.1) is 0 Å². The van der Waals surface area contributed by atoms with Gasteiger partial charge in [0, 0.05) is 48.8 Å². The second-order valence-electron chi connectivity index (χ2n) is 8.60. The fourth-order valence-corrected chi connectivity index (χ4v) is 4.22. The highest BCUT2D eigenvalue weighted by atomic mass is 16.4. The lowest BCUT2D eigenvalue weighted by molar-refractivity contribution is -0.139. The Morgan fingerprint density at radius 3 is 2.16 bits per heavy atom. The SMILES string of the molecule is Cc1cccc(-c2nnc(-c3ccc(C(=O)N4CCN(C(=O)C5CCC5)CC4)cc3)o2)c1. The molecular formula is C25H26N4O3. The van der Waals surface area contributed by atoms with Crippen LogP contribution in [0, 0.1) is 12.8 Å². The molecule has 7 heteroatoms. The van der Waals surface area contributed by atoms with Crippen LogP contribution in [0.15, 0.2) is 52.9 Å². The second-order valence-corrected chi connectivity index (χ2v) is 8.60. The normalized spacial score (nSPS) is 16.7. The molecule has 1 aromatic heterocycles. The molecule has 1 aliphatic carbocycles. The first-order valence-electron chi connectivity index (χ1n) is 11.2. The molecule has 2 amide bonds. The average molecular weight is 431 g/mol. The monoisotopic (exact) mass is 430 g/mol. The number of piperazine rings is 1. The van der Waals surface area contributed by atoms with E-state index >= 15 is 0 Å². The quantitative estimate of drug-likeness (QED) is 0.629. The molecule has 1 aliphatic heterocycles. The molecule has 2 aliphatic rings. The number of amides is 2. The molecule has 2 aromatic carbocycles. The molecule has 3 aromatic rings. The Bertz CT molecular complexity index is 1130. The first-order valence-corrected chi connectivity index (χ1v) is 11.2. The number of carbonyl (C=O) groups excluding carboxylic acids is 2. The van der Waals surface area contributed by atoms with Crippen molar-refractivity contribution < 1.29 is 14.0 Å². The Kier molecular flexibility index (Phi) is 5.47. The summed E-state index contributed by atoms with van der Waals surface area (Å²) in [4.78, 5) is 29.1. The minimum absolute atomic E-state index is 0.0155. The van der Waals surface area contributed by atoms with Crippen molar-refractivity contribution in [3.05, 3.63) is 59.7 Å². The van der Waals surface area contributed by atoms with Crippen LogP contribution >= 0.6 is 0 Å². The van der Waals surface area contributed by atoms with Gasteiger partial charge in [0.25, 0.3) is 5.91 Å². The number of hydrogen-bond acceptors (Lipinski definition) is 5. The highest BCUT2D eigenvalue weighted by Crippen LogP contribution is 2.29. The summed E-state index contributed by atoms with van der Waals surface area (Å²) in [6.45, 7) is 4.39. The van der Waals surface area contributed by atoms with E-state index in [2.05, 4.69) is 10.2 Å². The van der Waals surface area contributed by atoms with Gasteiger partial charge in [0.1, 0.15) is 0 Å². The molecule has 0 radical (unpaired) electrons. The smallest absolute Gasteiger partial charge is 0.253 e. The third-order valence-corrected chi connectivity index (χ3v) is 6.40.